The molecule has 0 radical (unpaired) electrons. The van der Waals surface area contributed by atoms with Crippen LogP contribution in [0.5, 0.6) is 0 Å². The number of fused-ring (bicyclic) bond motifs is 1. The lowest BCUT2D eigenvalue weighted by Crippen LogP contribution is -1.99. The van der Waals surface area contributed by atoms with E-state index in [-0.39, 0.29) is 6.42 Å². The lowest BCUT2D eigenvalue weighted by atomic mass is 10.1. The van der Waals surface area contributed by atoms with E-state index in [4.69, 9.17) is 5.11 Å². The molecule has 0 aliphatic rings. The van der Waals surface area contributed by atoms with Gasteiger partial charge in [-0.15, -0.1) is 11.3 Å². The molecule has 0 bridgehead atoms. The maximum Gasteiger partial charge on any atom is 0.307 e. The average Bonchev–Trinajstić information content (AvgIpc) is 2.99. The third kappa shape index (κ3) is 2.39. The molecule has 3 rings (SSSR count). The van der Waals surface area contributed by atoms with Crippen LogP contribution in [0.25, 0.3) is 10.9 Å². The van der Waals surface area contributed by atoms with Gasteiger partial charge in [0, 0.05) is 22.0 Å². The van der Waals surface area contributed by atoms with Crippen molar-refractivity contribution in [1.82, 2.24) is 4.57 Å². The van der Waals surface area contributed by atoms with Crippen LogP contribution in [0.3, 0.4) is 0 Å². The van der Waals surface area contributed by atoms with E-state index in [0.717, 1.165) is 23.0 Å². The smallest absolute Gasteiger partial charge is 0.307 e. The maximum atomic E-state index is 10.9. The number of carboxylic acids is 1. The second-order valence-corrected chi connectivity index (χ2v) is 5.48. The van der Waals surface area contributed by atoms with Gasteiger partial charge in [0.2, 0.25) is 0 Å². The van der Waals surface area contributed by atoms with Crippen molar-refractivity contribution >= 4 is 28.2 Å². The number of para-hydroxylation sites is 1. The largest absolute Gasteiger partial charge is 0.481 e. The number of carboxylic acid groups (broad SMARTS) is 1. The van der Waals surface area contributed by atoms with Gasteiger partial charge in [-0.3, -0.25) is 4.79 Å². The van der Waals surface area contributed by atoms with Crippen LogP contribution in [0, 0.1) is 0 Å². The highest BCUT2D eigenvalue weighted by atomic mass is 32.1. The first-order valence-electron chi connectivity index (χ1n) is 6.05. The number of aliphatic carboxylic acids is 1. The van der Waals surface area contributed by atoms with Crippen LogP contribution in [-0.2, 0) is 17.8 Å². The molecule has 0 atom stereocenters. The number of benzene rings is 1. The molecule has 0 spiro atoms. The molecule has 0 aliphatic heterocycles. The van der Waals surface area contributed by atoms with Crippen molar-refractivity contribution in [3.05, 3.63) is 58.4 Å². The second-order valence-electron chi connectivity index (χ2n) is 4.45. The molecule has 0 saturated carbocycles. The summed E-state index contributed by atoms with van der Waals surface area (Å²) in [6, 6.07) is 12.1. The highest BCUT2D eigenvalue weighted by Crippen LogP contribution is 2.23. The molecule has 0 aliphatic carbocycles. The van der Waals surface area contributed by atoms with E-state index in [1.807, 2.05) is 36.5 Å². The zero-order valence-electron chi connectivity index (χ0n) is 10.2. The summed E-state index contributed by atoms with van der Waals surface area (Å²) in [5.74, 6) is -0.793. The molecule has 0 amide bonds. The van der Waals surface area contributed by atoms with E-state index in [1.165, 1.54) is 4.88 Å². The van der Waals surface area contributed by atoms with Gasteiger partial charge >= 0.3 is 5.97 Å². The molecule has 3 aromatic rings. The Morgan fingerprint density at radius 2 is 2.05 bits per heavy atom. The number of carbonyl (C=O) groups is 1. The van der Waals surface area contributed by atoms with E-state index < -0.39 is 5.97 Å². The number of thiophene rings is 1. The van der Waals surface area contributed by atoms with Crippen molar-refractivity contribution in [2.75, 3.05) is 0 Å². The molecule has 0 fully saturated rings. The summed E-state index contributed by atoms with van der Waals surface area (Å²) in [4.78, 5) is 12.2. The summed E-state index contributed by atoms with van der Waals surface area (Å²) in [5, 5.41) is 12.1. The molecule has 2 aromatic heterocycles. The first-order chi connectivity index (χ1) is 9.24. The lowest BCUT2D eigenvalue weighted by molar-refractivity contribution is -0.136. The molecule has 2 heterocycles. The number of hydrogen-bond acceptors (Lipinski definition) is 2. The first-order valence-corrected chi connectivity index (χ1v) is 6.93. The monoisotopic (exact) mass is 271 g/mol. The van der Waals surface area contributed by atoms with Crippen LogP contribution in [0.4, 0.5) is 0 Å². The standard InChI is InChI=1S/C15H13NO2S/c17-15(18)8-11-9-16(10-12-4-3-7-19-12)14-6-2-1-5-13(11)14/h1-7,9H,8,10H2,(H,17,18). The molecule has 1 aromatic carbocycles. The molecular formula is C15H13NO2S. The Morgan fingerprint density at radius 1 is 1.21 bits per heavy atom. The molecule has 19 heavy (non-hydrogen) atoms. The lowest BCUT2D eigenvalue weighted by Gasteiger charge is -2.02. The van der Waals surface area contributed by atoms with E-state index in [9.17, 15) is 4.79 Å². The Bertz CT molecular complexity index is 713. The first kappa shape index (κ1) is 12.0. The summed E-state index contributed by atoms with van der Waals surface area (Å²) in [6.45, 7) is 0.789. The van der Waals surface area contributed by atoms with Crippen molar-refractivity contribution < 1.29 is 9.90 Å². The number of rotatable bonds is 4. The predicted molar refractivity (Wildman–Crippen MR) is 76.7 cm³/mol. The summed E-state index contributed by atoms with van der Waals surface area (Å²) in [5.41, 5.74) is 1.96. The van der Waals surface area contributed by atoms with Crippen LogP contribution >= 0.6 is 11.3 Å². The van der Waals surface area contributed by atoms with Gasteiger partial charge < -0.3 is 9.67 Å². The topological polar surface area (TPSA) is 42.2 Å². The molecule has 3 nitrogen and oxygen atoms in total. The second kappa shape index (κ2) is 4.90. The zero-order chi connectivity index (χ0) is 13.2. The Hall–Kier alpha value is -2.07. The predicted octanol–water partition coefficient (Wildman–Crippen LogP) is 3.38. The van der Waals surface area contributed by atoms with Crippen molar-refractivity contribution in [3.63, 3.8) is 0 Å². The normalized spacial score (nSPS) is 10.9. The van der Waals surface area contributed by atoms with Crippen LogP contribution in [0.2, 0.25) is 0 Å². The Labute approximate surface area is 114 Å². The fraction of sp³-hybridized carbons (Fsp3) is 0.133. The van der Waals surface area contributed by atoms with E-state index >= 15 is 0 Å². The summed E-state index contributed by atoms with van der Waals surface area (Å²) < 4.78 is 2.12. The zero-order valence-corrected chi connectivity index (χ0v) is 11.1. The van der Waals surface area contributed by atoms with Gasteiger partial charge in [0.25, 0.3) is 0 Å². The van der Waals surface area contributed by atoms with Gasteiger partial charge in [-0.1, -0.05) is 24.3 Å². The number of hydrogen-bond donors (Lipinski definition) is 1. The van der Waals surface area contributed by atoms with Gasteiger partial charge in [-0.25, -0.2) is 0 Å². The number of nitrogens with zero attached hydrogens (tertiary/aromatic N) is 1. The highest BCUT2D eigenvalue weighted by molar-refractivity contribution is 7.09. The molecule has 4 heteroatoms. The van der Waals surface area contributed by atoms with E-state index in [2.05, 4.69) is 16.0 Å². The highest BCUT2D eigenvalue weighted by Gasteiger charge is 2.11. The summed E-state index contributed by atoms with van der Waals surface area (Å²) in [6.07, 6.45) is 2.02. The van der Waals surface area contributed by atoms with Gasteiger partial charge in [0.05, 0.1) is 13.0 Å². The van der Waals surface area contributed by atoms with E-state index in [0.29, 0.717) is 0 Å². The van der Waals surface area contributed by atoms with Crippen LogP contribution in [0.1, 0.15) is 10.4 Å². The minimum absolute atomic E-state index is 0.0674. The molecule has 1 N–H and O–H groups in total. The number of aromatic nitrogens is 1. The van der Waals surface area contributed by atoms with Crippen LogP contribution < -0.4 is 0 Å². The van der Waals surface area contributed by atoms with Gasteiger partial charge in [-0.2, -0.15) is 0 Å². The fourth-order valence-electron chi connectivity index (χ4n) is 2.33. The molecule has 0 saturated heterocycles. The Kier molecular flexibility index (Phi) is 3.09. The van der Waals surface area contributed by atoms with Gasteiger partial charge in [0.15, 0.2) is 0 Å². The minimum Gasteiger partial charge on any atom is -0.481 e. The van der Waals surface area contributed by atoms with Crippen molar-refractivity contribution in [2.45, 2.75) is 13.0 Å². The third-order valence-electron chi connectivity index (χ3n) is 3.12. The summed E-state index contributed by atoms with van der Waals surface area (Å²) >= 11 is 1.71. The van der Waals surface area contributed by atoms with Crippen molar-refractivity contribution in [2.24, 2.45) is 0 Å². The van der Waals surface area contributed by atoms with Crippen molar-refractivity contribution in [1.29, 1.82) is 0 Å². The molecule has 96 valence electrons. The van der Waals surface area contributed by atoms with Crippen molar-refractivity contribution in [3.8, 4) is 0 Å². The Balaban J connectivity index is 2.06. The Morgan fingerprint density at radius 3 is 2.79 bits per heavy atom. The van der Waals surface area contributed by atoms with Gasteiger partial charge in [0.1, 0.15) is 0 Å². The maximum absolute atomic E-state index is 10.9. The quantitative estimate of drug-likeness (QED) is 0.790. The average molecular weight is 271 g/mol. The van der Waals surface area contributed by atoms with Gasteiger partial charge in [-0.05, 0) is 23.1 Å². The van der Waals surface area contributed by atoms with Crippen LogP contribution in [0.15, 0.2) is 48.0 Å². The third-order valence-corrected chi connectivity index (χ3v) is 3.98. The molecule has 0 unspecified atom stereocenters. The summed E-state index contributed by atoms with van der Waals surface area (Å²) in [7, 11) is 0. The van der Waals surface area contributed by atoms with E-state index in [1.54, 1.807) is 11.3 Å². The SMILES string of the molecule is O=C(O)Cc1cn(Cc2cccs2)c2ccccc12. The fourth-order valence-corrected chi connectivity index (χ4v) is 3.03. The van der Waals surface area contributed by atoms with Crippen LogP contribution in [-0.4, -0.2) is 15.6 Å². The molecular weight excluding hydrogens is 258 g/mol. The minimum atomic E-state index is -0.793.